The lowest BCUT2D eigenvalue weighted by atomic mass is 10.2. The van der Waals surface area contributed by atoms with E-state index in [-0.39, 0.29) is 12.4 Å². The lowest BCUT2D eigenvalue weighted by Crippen LogP contribution is -2.18. The number of carbonyl (C=O) groups excluding carboxylic acids is 1. The quantitative estimate of drug-likeness (QED) is 0.607. The SMILES string of the molecule is CN(C=O)CP(=O)(O)CCc1ccccc1. The van der Waals surface area contributed by atoms with Crippen LogP contribution in [0.1, 0.15) is 5.56 Å². The minimum absolute atomic E-state index is 0.0800. The summed E-state index contributed by atoms with van der Waals surface area (Å²) in [6.45, 7) is 0. The number of hydrogen-bond donors (Lipinski definition) is 1. The van der Waals surface area contributed by atoms with E-state index < -0.39 is 7.37 Å². The summed E-state index contributed by atoms with van der Waals surface area (Å²) >= 11 is 0. The molecule has 4 nitrogen and oxygen atoms in total. The molecule has 0 saturated heterocycles. The zero-order valence-corrected chi connectivity index (χ0v) is 10.1. The summed E-state index contributed by atoms with van der Waals surface area (Å²) in [6.07, 6.45) is 1.24. The van der Waals surface area contributed by atoms with Crippen LogP contribution in [0.5, 0.6) is 0 Å². The third kappa shape index (κ3) is 4.60. The van der Waals surface area contributed by atoms with E-state index in [9.17, 15) is 14.3 Å². The van der Waals surface area contributed by atoms with Crippen molar-refractivity contribution in [2.45, 2.75) is 6.42 Å². The Labute approximate surface area is 95.3 Å². The monoisotopic (exact) mass is 241 g/mol. The van der Waals surface area contributed by atoms with Gasteiger partial charge in [-0.3, -0.25) is 9.36 Å². The van der Waals surface area contributed by atoms with E-state index >= 15 is 0 Å². The zero-order valence-electron chi connectivity index (χ0n) is 9.24. The summed E-state index contributed by atoms with van der Waals surface area (Å²) in [4.78, 5) is 21.2. The van der Waals surface area contributed by atoms with Crippen molar-refractivity contribution in [1.29, 1.82) is 0 Å². The van der Waals surface area contributed by atoms with Gasteiger partial charge in [0, 0.05) is 13.2 Å². The predicted molar refractivity (Wildman–Crippen MR) is 63.5 cm³/mol. The number of nitrogens with zero attached hydrogens (tertiary/aromatic N) is 1. The van der Waals surface area contributed by atoms with E-state index in [0.29, 0.717) is 12.8 Å². The molecule has 1 atom stereocenters. The van der Waals surface area contributed by atoms with Crippen LogP contribution in [0, 0.1) is 0 Å². The topological polar surface area (TPSA) is 57.6 Å². The van der Waals surface area contributed by atoms with Crippen LogP contribution in [0.25, 0.3) is 0 Å². The number of benzene rings is 1. The molecule has 1 rings (SSSR count). The molecular weight excluding hydrogens is 225 g/mol. The fourth-order valence-corrected chi connectivity index (χ4v) is 2.91. The van der Waals surface area contributed by atoms with Crippen molar-refractivity contribution in [2.75, 3.05) is 19.5 Å². The van der Waals surface area contributed by atoms with Crippen LogP contribution in [0.2, 0.25) is 0 Å². The highest BCUT2D eigenvalue weighted by atomic mass is 31.2. The standard InChI is InChI=1S/C11H16NO3P/c1-12(9-13)10-16(14,15)8-7-11-5-3-2-4-6-11/h2-6,9H,7-8,10H2,1H3,(H,14,15). The fraction of sp³-hybridized carbons (Fsp3) is 0.364. The molecule has 0 aromatic heterocycles. The van der Waals surface area contributed by atoms with Gasteiger partial charge in [-0.25, -0.2) is 0 Å². The summed E-state index contributed by atoms with van der Waals surface area (Å²) in [6, 6.07) is 9.54. The molecule has 0 bridgehead atoms. The molecule has 5 heteroatoms. The summed E-state index contributed by atoms with van der Waals surface area (Å²) < 4.78 is 11.7. The van der Waals surface area contributed by atoms with Crippen LogP contribution in [0.3, 0.4) is 0 Å². The summed E-state index contributed by atoms with van der Waals surface area (Å²) in [7, 11) is -1.74. The smallest absolute Gasteiger partial charge is 0.219 e. The van der Waals surface area contributed by atoms with Crippen LogP contribution in [0.15, 0.2) is 30.3 Å². The summed E-state index contributed by atoms with van der Waals surface area (Å²) in [5.74, 6) is 0. The Morgan fingerprint density at radius 2 is 2.00 bits per heavy atom. The first-order chi connectivity index (χ1) is 7.53. The van der Waals surface area contributed by atoms with Gasteiger partial charge in [-0.2, -0.15) is 0 Å². The van der Waals surface area contributed by atoms with Crippen LogP contribution in [-0.2, 0) is 15.8 Å². The molecule has 16 heavy (non-hydrogen) atoms. The van der Waals surface area contributed by atoms with Gasteiger partial charge in [0.15, 0.2) is 0 Å². The molecule has 0 radical (unpaired) electrons. The fourth-order valence-electron chi connectivity index (χ4n) is 1.40. The van der Waals surface area contributed by atoms with Gasteiger partial charge in [-0.15, -0.1) is 0 Å². The average Bonchev–Trinajstić information content (AvgIpc) is 2.27. The number of aryl methyl sites for hydroxylation is 1. The van der Waals surface area contributed by atoms with Gasteiger partial charge in [0.25, 0.3) is 0 Å². The number of rotatable bonds is 6. The van der Waals surface area contributed by atoms with Gasteiger partial charge >= 0.3 is 0 Å². The summed E-state index contributed by atoms with van der Waals surface area (Å²) in [5, 5.41) is 0. The van der Waals surface area contributed by atoms with Crippen LogP contribution in [0.4, 0.5) is 0 Å². The Kier molecular flexibility index (Phi) is 4.71. The van der Waals surface area contributed by atoms with Crippen molar-refractivity contribution < 1.29 is 14.3 Å². The molecule has 0 aliphatic rings. The summed E-state index contributed by atoms with van der Waals surface area (Å²) in [5.41, 5.74) is 1.03. The highest BCUT2D eigenvalue weighted by molar-refractivity contribution is 7.57. The van der Waals surface area contributed by atoms with Gasteiger partial charge in [0.1, 0.15) is 0 Å². The van der Waals surface area contributed by atoms with E-state index in [0.717, 1.165) is 5.56 Å². The second-order valence-corrected chi connectivity index (χ2v) is 6.23. The van der Waals surface area contributed by atoms with Crippen molar-refractivity contribution in [3.05, 3.63) is 35.9 Å². The third-order valence-electron chi connectivity index (χ3n) is 2.22. The Morgan fingerprint density at radius 1 is 1.38 bits per heavy atom. The molecular formula is C11H16NO3P. The molecule has 1 amide bonds. The molecule has 0 fully saturated rings. The van der Waals surface area contributed by atoms with E-state index in [1.807, 2.05) is 30.3 Å². The highest BCUT2D eigenvalue weighted by Gasteiger charge is 2.19. The third-order valence-corrected chi connectivity index (χ3v) is 4.03. The van der Waals surface area contributed by atoms with Crippen LogP contribution < -0.4 is 0 Å². The zero-order chi connectivity index (χ0) is 12.0. The molecule has 0 aliphatic heterocycles. The Balaban J connectivity index is 2.48. The minimum Gasteiger partial charge on any atom is -0.343 e. The number of amides is 1. The Hall–Kier alpha value is -1.12. The van der Waals surface area contributed by atoms with Crippen molar-refractivity contribution in [3.63, 3.8) is 0 Å². The molecule has 0 saturated carbocycles. The van der Waals surface area contributed by atoms with Crippen molar-refractivity contribution in [1.82, 2.24) is 4.90 Å². The van der Waals surface area contributed by atoms with Crippen molar-refractivity contribution in [3.8, 4) is 0 Å². The van der Waals surface area contributed by atoms with Crippen molar-refractivity contribution >= 4 is 13.8 Å². The molecule has 1 aromatic rings. The molecule has 0 spiro atoms. The van der Waals surface area contributed by atoms with Crippen LogP contribution in [-0.4, -0.2) is 35.7 Å². The van der Waals surface area contributed by atoms with Crippen molar-refractivity contribution in [2.24, 2.45) is 0 Å². The minimum atomic E-state index is -3.24. The molecule has 1 N–H and O–H groups in total. The predicted octanol–water partition coefficient (Wildman–Crippen LogP) is 1.55. The van der Waals surface area contributed by atoms with E-state index in [1.165, 1.54) is 11.9 Å². The second kappa shape index (κ2) is 5.83. The Bertz CT molecular complexity index is 380. The highest BCUT2D eigenvalue weighted by Crippen LogP contribution is 2.40. The lowest BCUT2D eigenvalue weighted by Gasteiger charge is -2.16. The van der Waals surface area contributed by atoms with Gasteiger partial charge < -0.3 is 9.79 Å². The molecule has 1 aromatic carbocycles. The first-order valence-electron chi connectivity index (χ1n) is 5.04. The molecule has 88 valence electrons. The first-order valence-corrected chi connectivity index (χ1v) is 7.07. The van der Waals surface area contributed by atoms with Gasteiger partial charge in [-0.05, 0) is 12.0 Å². The molecule has 0 heterocycles. The molecule has 0 aliphatic carbocycles. The van der Waals surface area contributed by atoms with E-state index in [4.69, 9.17) is 0 Å². The van der Waals surface area contributed by atoms with Crippen LogP contribution >= 0.6 is 7.37 Å². The van der Waals surface area contributed by atoms with E-state index in [1.54, 1.807) is 0 Å². The van der Waals surface area contributed by atoms with E-state index in [2.05, 4.69) is 0 Å². The lowest BCUT2D eigenvalue weighted by molar-refractivity contribution is -0.116. The normalized spacial score (nSPS) is 14.1. The van der Waals surface area contributed by atoms with Gasteiger partial charge in [0.2, 0.25) is 13.8 Å². The van der Waals surface area contributed by atoms with Gasteiger partial charge in [0.05, 0.1) is 6.29 Å². The largest absolute Gasteiger partial charge is 0.343 e. The Morgan fingerprint density at radius 3 is 2.56 bits per heavy atom. The number of carbonyl (C=O) groups is 1. The average molecular weight is 241 g/mol. The number of hydrogen-bond acceptors (Lipinski definition) is 2. The van der Waals surface area contributed by atoms with Gasteiger partial charge in [-0.1, -0.05) is 30.3 Å². The molecule has 1 unspecified atom stereocenters. The maximum absolute atomic E-state index is 11.7. The second-order valence-electron chi connectivity index (χ2n) is 3.81. The maximum atomic E-state index is 11.7. The first kappa shape index (κ1) is 12.9. The maximum Gasteiger partial charge on any atom is 0.219 e.